The molecular formula is C24H17BrN2O5S. The molecule has 1 aliphatic heterocycles. The van der Waals surface area contributed by atoms with Crippen LogP contribution in [0.5, 0.6) is 0 Å². The monoisotopic (exact) mass is 524 g/mol. The number of ether oxygens (including phenoxy) is 1. The summed E-state index contributed by atoms with van der Waals surface area (Å²) >= 11 is 4.77. The molecule has 3 heterocycles. The van der Waals surface area contributed by atoms with E-state index >= 15 is 0 Å². The number of amides is 1. The summed E-state index contributed by atoms with van der Waals surface area (Å²) in [6, 6.07) is 11.0. The number of anilines is 1. The second-order valence-electron chi connectivity index (χ2n) is 7.64. The first-order chi connectivity index (χ1) is 15.8. The van der Waals surface area contributed by atoms with Gasteiger partial charge >= 0.3 is 5.97 Å². The van der Waals surface area contributed by atoms with Crippen LogP contribution in [0.15, 0.2) is 56.1 Å². The van der Waals surface area contributed by atoms with Gasteiger partial charge in [0.2, 0.25) is 5.76 Å². The van der Waals surface area contributed by atoms with Crippen LogP contribution in [0.1, 0.15) is 48.7 Å². The Morgan fingerprint density at radius 3 is 2.52 bits per heavy atom. The minimum Gasteiger partial charge on any atom is -0.465 e. The van der Waals surface area contributed by atoms with Crippen molar-refractivity contribution in [1.82, 2.24) is 4.98 Å². The second kappa shape index (κ2) is 7.93. The molecule has 1 atom stereocenters. The Morgan fingerprint density at radius 2 is 1.88 bits per heavy atom. The van der Waals surface area contributed by atoms with E-state index in [1.54, 1.807) is 42.5 Å². The highest BCUT2D eigenvalue weighted by Crippen LogP contribution is 2.43. The Morgan fingerprint density at radius 1 is 1.15 bits per heavy atom. The molecule has 0 unspecified atom stereocenters. The number of benzene rings is 2. The fourth-order valence-corrected chi connectivity index (χ4v) is 5.23. The summed E-state index contributed by atoms with van der Waals surface area (Å²) in [6.07, 6.45) is 0. The van der Waals surface area contributed by atoms with Crippen LogP contribution in [0.3, 0.4) is 0 Å². The molecule has 2 aromatic heterocycles. The summed E-state index contributed by atoms with van der Waals surface area (Å²) in [5, 5.41) is 0.855. The van der Waals surface area contributed by atoms with E-state index in [0.717, 1.165) is 15.0 Å². The standard InChI is InChI=1S/C24H17BrN2O5S/c1-11-12(2)33-24(26-11)27-19(13-4-6-14(7-5-13)23(30)31-3)18-20(28)16-10-15(25)8-9-17(16)32-21(18)22(27)29/h4-10,19H,1-3H3/t19-/m1/s1. The number of halogens is 1. The first-order valence-electron chi connectivity index (χ1n) is 10.0. The van der Waals surface area contributed by atoms with Gasteiger partial charge in [-0.05, 0) is 49.7 Å². The van der Waals surface area contributed by atoms with Gasteiger partial charge in [0.1, 0.15) is 5.58 Å². The predicted octanol–water partition coefficient (Wildman–Crippen LogP) is 5.17. The molecule has 0 spiro atoms. The molecule has 166 valence electrons. The molecule has 1 amide bonds. The largest absolute Gasteiger partial charge is 0.465 e. The van der Waals surface area contributed by atoms with Gasteiger partial charge in [-0.3, -0.25) is 14.5 Å². The van der Waals surface area contributed by atoms with Crippen molar-refractivity contribution >= 4 is 55.2 Å². The van der Waals surface area contributed by atoms with Gasteiger partial charge in [0.15, 0.2) is 10.6 Å². The van der Waals surface area contributed by atoms with E-state index in [0.29, 0.717) is 27.2 Å². The molecule has 0 radical (unpaired) electrons. The zero-order valence-corrected chi connectivity index (χ0v) is 20.2. The number of aryl methyl sites for hydroxylation is 2. The summed E-state index contributed by atoms with van der Waals surface area (Å²) in [4.78, 5) is 46.1. The molecule has 7 nitrogen and oxygen atoms in total. The molecule has 0 saturated heterocycles. The zero-order chi connectivity index (χ0) is 23.4. The third kappa shape index (κ3) is 3.39. The van der Waals surface area contributed by atoms with Crippen LogP contribution in [-0.4, -0.2) is 24.0 Å². The molecule has 9 heteroatoms. The topological polar surface area (TPSA) is 89.7 Å². The zero-order valence-electron chi connectivity index (χ0n) is 17.8. The van der Waals surface area contributed by atoms with Gasteiger partial charge < -0.3 is 9.15 Å². The minimum absolute atomic E-state index is 0.00220. The minimum atomic E-state index is -0.747. The Hall–Kier alpha value is -3.30. The van der Waals surface area contributed by atoms with Crippen molar-refractivity contribution in [3.63, 3.8) is 0 Å². The van der Waals surface area contributed by atoms with Crippen molar-refractivity contribution in [3.8, 4) is 0 Å². The highest BCUT2D eigenvalue weighted by atomic mass is 79.9. The lowest BCUT2D eigenvalue weighted by Crippen LogP contribution is -2.29. The van der Waals surface area contributed by atoms with Gasteiger partial charge in [0.05, 0.1) is 35.4 Å². The summed E-state index contributed by atoms with van der Waals surface area (Å²) in [5.41, 5.74) is 2.14. The first-order valence-corrected chi connectivity index (χ1v) is 11.6. The van der Waals surface area contributed by atoms with E-state index in [1.807, 2.05) is 13.8 Å². The summed E-state index contributed by atoms with van der Waals surface area (Å²) in [6.45, 7) is 3.80. The van der Waals surface area contributed by atoms with Crippen molar-refractivity contribution in [3.05, 3.63) is 90.2 Å². The maximum Gasteiger partial charge on any atom is 0.337 e. The van der Waals surface area contributed by atoms with Crippen molar-refractivity contribution in [2.45, 2.75) is 19.9 Å². The average molecular weight is 525 g/mol. The third-order valence-corrected chi connectivity index (χ3v) is 7.27. The average Bonchev–Trinajstić information content (AvgIpc) is 3.29. The van der Waals surface area contributed by atoms with Gasteiger partial charge in [-0.1, -0.05) is 28.1 Å². The summed E-state index contributed by atoms with van der Waals surface area (Å²) in [7, 11) is 1.31. The lowest BCUT2D eigenvalue weighted by molar-refractivity contribution is 0.0600. The van der Waals surface area contributed by atoms with Crippen molar-refractivity contribution < 1.29 is 18.7 Å². The van der Waals surface area contributed by atoms with Gasteiger partial charge in [-0.2, -0.15) is 0 Å². The van der Waals surface area contributed by atoms with E-state index in [2.05, 4.69) is 20.9 Å². The maximum atomic E-state index is 13.6. The van der Waals surface area contributed by atoms with Crippen LogP contribution in [-0.2, 0) is 4.74 Å². The highest BCUT2D eigenvalue weighted by Gasteiger charge is 2.45. The lowest BCUT2D eigenvalue weighted by atomic mass is 9.98. The number of carbonyl (C=O) groups is 2. The van der Waals surface area contributed by atoms with Gasteiger partial charge in [0, 0.05) is 9.35 Å². The molecule has 5 rings (SSSR count). The van der Waals surface area contributed by atoms with Crippen LogP contribution in [0.4, 0.5) is 5.13 Å². The number of hydrogen-bond donors (Lipinski definition) is 0. The summed E-state index contributed by atoms with van der Waals surface area (Å²) in [5.74, 6) is -0.895. The number of esters is 1. The second-order valence-corrected chi connectivity index (χ2v) is 9.74. The van der Waals surface area contributed by atoms with E-state index in [9.17, 15) is 14.4 Å². The molecule has 2 aromatic carbocycles. The molecule has 4 aromatic rings. The van der Waals surface area contributed by atoms with E-state index < -0.39 is 17.9 Å². The van der Waals surface area contributed by atoms with Crippen LogP contribution >= 0.6 is 27.3 Å². The molecule has 33 heavy (non-hydrogen) atoms. The number of carbonyl (C=O) groups excluding carboxylic acids is 2. The smallest absolute Gasteiger partial charge is 0.337 e. The molecule has 0 N–H and O–H groups in total. The van der Waals surface area contributed by atoms with Crippen LogP contribution in [0, 0.1) is 13.8 Å². The SMILES string of the molecule is COC(=O)c1ccc([C@@H]2c3c(oc4ccc(Br)cc4c3=O)C(=O)N2c2nc(C)c(C)s2)cc1. The summed E-state index contributed by atoms with van der Waals surface area (Å²) < 4.78 is 11.5. The quantitative estimate of drug-likeness (QED) is 0.343. The highest BCUT2D eigenvalue weighted by molar-refractivity contribution is 9.10. The third-order valence-electron chi connectivity index (χ3n) is 5.70. The Kier molecular flexibility index (Phi) is 5.18. The Labute approximate surface area is 200 Å². The van der Waals surface area contributed by atoms with E-state index in [1.165, 1.54) is 23.3 Å². The van der Waals surface area contributed by atoms with Crippen molar-refractivity contribution in [2.24, 2.45) is 0 Å². The number of aromatic nitrogens is 1. The predicted molar refractivity (Wildman–Crippen MR) is 128 cm³/mol. The fraction of sp³-hybridized carbons (Fsp3) is 0.167. The normalized spacial score (nSPS) is 15.2. The molecule has 0 saturated carbocycles. The van der Waals surface area contributed by atoms with Crippen molar-refractivity contribution in [1.29, 1.82) is 0 Å². The van der Waals surface area contributed by atoms with E-state index in [4.69, 9.17) is 9.15 Å². The fourth-order valence-electron chi connectivity index (χ4n) is 3.94. The number of fused-ring (bicyclic) bond motifs is 2. The molecule has 0 aliphatic carbocycles. The molecule has 0 fully saturated rings. The van der Waals surface area contributed by atoms with E-state index in [-0.39, 0.29) is 16.8 Å². The number of hydrogen-bond acceptors (Lipinski definition) is 7. The first kappa shape index (κ1) is 21.5. The molecule has 0 bridgehead atoms. The number of methoxy groups -OCH3 is 1. The number of thiazole rings is 1. The van der Waals surface area contributed by atoms with Crippen LogP contribution in [0.25, 0.3) is 11.0 Å². The number of rotatable bonds is 3. The van der Waals surface area contributed by atoms with Gasteiger partial charge in [0.25, 0.3) is 5.91 Å². The maximum absolute atomic E-state index is 13.6. The van der Waals surface area contributed by atoms with Crippen LogP contribution in [0.2, 0.25) is 0 Å². The van der Waals surface area contributed by atoms with Gasteiger partial charge in [-0.25, -0.2) is 9.78 Å². The molecule has 1 aliphatic rings. The number of nitrogens with zero attached hydrogens (tertiary/aromatic N) is 2. The molecular weight excluding hydrogens is 508 g/mol. The van der Waals surface area contributed by atoms with Crippen LogP contribution < -0.4 is 10.3 Å². The lowest BCUT2D eigenvalue weighted by Gasteiger charge is -2.22. The van der Waals surface area contributed by atoms with Crippen molar-refractivity contribution in [2.75, 3.05) is 12.0 Å². The Balaban J connectivity index is 1.77. The Bertz CT molecular complexity index is 1490. The van der Waals surface area contributed by atoms with Gasteiger partial charge in [-0.15, -0.1) is 11.3 Å².